The maximum Gasteiger partial charge on any atom is 0.237 e. The zero-order valence-electron chi connectivity index (χ0n) is 12.1. The van der Waals surface area contributed by atoms with Gasteiger partial charge in [-0.2, -0.15) is 5.10 Å². The van der Waals surface area contributed by atoms with Crippen LogP contribution in [0.1, 0.15) is 19.4 Å². The molecular formula is C14H20ClN5O. The molecule has 0 radical (unpaired) electrons. The van der Waals surface area contributed by atoms with Crippen LogP contribution in [0.3, 0.4) is 0 Å². The Morgan fingerprint density at radius 2 is 2.19 bits per heavy atom. The van der Waals surface area contributed by atoms with Gasteiger partial charge in [0.05, 0.1) is 11.7 Å². The van der Waals surface area contributed by atoms with Gasteiger partial charge in [-0.05, 0) is 23.6 Å². The van der Waals surface area contributed by atoms with Crippen molar-refractivity contribution >= 4 is 18.3 Å². The molecular weight excluding hydrogens is 290 g/mol. The zero-order valence-corrected chi connectivity index (χ0v) is 12.9. The smallest absolute Gasteiger partial charge is 0.237 e. The van der Waals surface area contributed by atoms with Gasteiger partial charge >= 0.3 is 0 Å². The summed E-state index contributed by atoms with van der Waals surface area (Å²) in [5.74, 6) is -0.0114. The van der Waals surface area contributed by atoms with Gasteiger partial charge in [-0.15, -0.1) is 12.4 Å². The molecule has 114 valence electrons. The first-order chi connectivity index (χ1) is 9.58. The number of carbonyl (C=O) groups is 1. The minimum atomic E-state index is -0.478. The van der Waals surface area contributed by atoms with Crippen molar-refractivity contribution in [3.8, 4) is 5.69 Å². The number of amides is 1. The highest BCUT2D eigenvalue weighted by atomic mass is 35.5. The summed E-state index contributed by atoms with van der Waals surface area (Å²) in [4.78, 5) is 15.7. The third kappa shape index (κ3) is 4.54. The second kappa shape index (κ2) is 7.75. The van der Waals surface area contributed by atoms with Gasteiger partial charge in [-0.1, -0.05) is 26.0 Å². The Bertz CT molecular complexity index is 571. The predicted octanol–water partition coefficient (Wildman–Crippen LogP) is 1.29. The normalized spacial score (nSPS) is 11.8. The highest BCUT2D eigenvalue weighted by molar-refractivity contribution is 5.85. The summed E-state index contributed by atoms with van der Waals surface area (Å²) in [7, 11) is 0. The van der Waals surface area contributed by atoms with Gasteiger partial charge in [0.15, 0.2) is 0 Å². The molecule has 7 heteroatoms. The molecule has 3 N–H and O–H groups in total. The van der Waals surface area contributed by atoms with E-state index >= 15 is 0 Å². The lowest BCUT2D eigenvalue weighted by atomic mass is 10.0. The van der Waals surface area contributed by atoms with Crippen LogP contribution in [0.4, 0.5) is 0 Å². The van der Waals surface area contributed by atoms with E-state index in [0.717, 1.165) is 11.3 Å². The van der Waals surface area contributed by atoms with E-state index in [0.29, 0.717) is 6.54 Å². The number of rotatable bonds is 5. The lowest BCUT2D eigenvalue weighted by Gasteiger charge is -2.15. The van der Waals surface area contributed by atoms with E-state index in [9.17, 15) is 4.79 Å². The van der Waals surface area contributed by atoms with Crippen LogP contribution in [0.15, 0.2) is 36.9 Å². The van der Waals surface area contributed by atoms with Crippen LogP contribution < -0.4 is 11.1 Å². The largest absolute Gasteiger partial charge is 0.351 e. The van der Waals surface area contributed by atoms with Crippen molar-refractivity contribution in [2.24, 2.45) is 11.7 Å². The van der Waals surface area contributed by atoms with E-state index in [1.165, 1.54) is 6.33 Å². The molecule has 0 fully saturated rings. The Labute approximate surface area is 130 Å². The van der Waals surface area contributed by atoms with Crippen molar-refractivity contribution < 1.29 is 4.79 Å². The molecule has 0 aliphatic rings. The molecule has 0 saturated heterocycles. The number of carbonyl (C=O) groups excluding carboxylic acids is 1. The predicted molar refractivity (Wildman–Crippen MR) is 83.3 cm³/mol. The molecule has 21 heavy (non-hydrogen) atoms. The lowest BCUT2D eigenvalue weighted by Crippen LogP contribution is -2.43. The number of nitrogens with zero attached hydrogens (tertiary/aromatic N) is 3. The third-order valence-corrected chi connectivity index (χ3v) is 3.08. The standard InChI is InChI=1S/C14H19N5O.ClH/c1-10(2)13(15)14(20)17-7-11-4-3-5-12(6-11)19-9-16-8-18-19;/h3-6,8-10,13H,7,15H2,1-2H3,(H,17,20);1H/t13-;/m0./s1. The summed E-state index contributed by atoms with van der Waals surface area (Å²) in [6, 6.07) is 7.27. The Hall–Kier alpha value is -1.92. The van der Waals surface area contributed by atoms with Gasteiger partial charge in [-0.3, -0.25) is 4.79 Å². The van der Waals surface area contributed by atoms with Crippen LogP contribution in [-0.2, 0) is 11.3 Å². The molecule has 0 bridgehead atoms. The Kier molecular flexibility index (Phi) is 6.33. The Morgan fingerprint density at radius 3 is 2.81 bits per heavy atom. The zero-order chi connectivity index (χ0) is 14.5. The van der Waals surface area contributed by atoms with Crippen molar-refractivity contribution in [3.63, 3.8) is 0 Å². The number of nitrogens with two attached hydrogens (primary N) is 1. The first-order valence-corrected chi connectivity index (χ1v) is 6.55. The number of halogens is 1. The van der Waals surface area contributed by atoms with Crippen molar-refractivity contribution in [2.45, 2.75) is 26.4 Å². The lowest BCUT2D eigenvalue weighted by molar-refractivity contribution is -0.123. The monoisotopic (exact) mass is 309 g/mol. The first kappa shape index (κ1) is 17.1. The van der Waals surface area contributed by atoms with E-state index in [1.807, 2.05) is 38.1 Å². The molecule has 0 unspecified atom stereocenters. The maximum absolute atomic E-state index is 11.8. The minimum Gasteiger partial charge on any atom is -0.351 e. The summed E-state index contributed by atoms with van der Waals surface area (Å²) in [6.45, 7) is 4.30. The number of hydrogen-bond acceptors (Lipinski definition) is 4. The van der Waals surface area contributed by atoms with E-state index in [2.05, 4.69) is 15.4 Å². The van der Waals surface area contributed by atoms with Crippen molar-refractivity contribution in [2.75, 3.05) is 0 Å². The molecule has 0 aliphatic carbocycles. The number of benzene rings is 1. The van der Waals surface area contributed by atoms with Crippen LogP contribution >= 0.6 is 12.4 Å². The van der Waals surface area contributed by atoms with E-state index in [1.54, 1.807) is 11.0 Å². The fourth-order valence-corrected chi connectivity index (χ4v) is 1.76. The second-order valence-electron chi connectivity index (χ2n) is 5.00. The Balaban J connectivity index is 0.00000220. The molecule has 0 aliphatic heterocycles. The molecule has 1 atom stereocenters. The Morgan fingerprint density at radius 1 is 1.43 bits per heavy atom. The van der Waals surface area contributed by atoms with Gasteiger partial charge in [0.2, 0.25) is 5.91 Å². The van der Waals surface area contributed by atoms with Gasteiger partial charge < -0.3 is 11.1 Å². The van der Waals surface area contributed by atoms with Gasteiger partial charge in [0, 0.05) is 6.54 Å². The van der Waals surface area contributed by atoms with Crippen molar-refractivity contribution in [1.29, 1.82) is 0 Å². The van der Waals surface area contributed by atoms with Crippen molar-refractivity contribution in [3.05, 3.63) is 42.5 Å². The average Bonchev–Trinajstić information content (AvgIpc) is 2.98. The maximum atomic E-state index is 11.8. The van der Waals surface area contributed by atoms with Gasteiger partial charge in [0.25, 0.3) is 0 Å². The van der Waals surface area contributed by atoms with E-state index in [4.69, 9.17) is 5.73 Å². The topological polar surface area (TPSA) is 85.8 Å². The van der Waals surface area contributed by atoms with Crippen LogP contribution in [0, 0.1) is 5.92 Å². The fourth-order valence-electron chi connectivity index (χ4n) is 1.76. The number of aromatic nitrogens is 3. The van der Waals surface area contributed by atoms with Crippen LogP contribution in [0.2, 0.25) is 0 Å². The van der Waals surface area contributed by atoms with Crippen LogP contribution in [0.5, 0.6) is 0 Å². The molecule has 2 rings (SSSR count). The molecule has 6 nitrogen and oxygen atoms in total. The molecule has 2 aromatic rings. The molecule has 0 saturated carbocycles. The van der Waals surface area contributed by atoms with Crippen LogP contribution in [-0.4, -0.2) is 26.7 Å². The summed E-state index contributed by atoms with van der Waals surface area (Å²) in [5.41, 5.74) is 7.69. The summed E-state index contributed by atoms with van der Waals surface area (Å²) in [5, 5.41) is 6.92. The molecule has 1 amide bonds. The highest BCUT2D eigenvalue weighted by Crippen LogP contribution is 2.09. The highest BCUT2D eigenvalue weighted by Gasteiger charge is 2.16. The van der Waals surface area contributed by atoms with E-state index < -0.39 is 6.04 Å². The first-order valence-electron chi connectivity index (χ1n) is 6.55. The second-order valence-corrected chi connectivity index (χ2v) is 5.00. The van der Waals surface area contributed by atoms with E-state index in [-0.39, 0.29) is 24.2 Å². The van der Waals surface area contributed by atoms with Gasteiger partial charge in [0.1, 0.15) is 12.7 Å². The fraction of sp³-hybridized carbons (Fsp3) is 0.357. The summed E-state index contributed by atoms with van der Waals surface area (Å²) < 4.78 is 1.67. The summed E-state index contributed by atoms with van der Waals surface area (Å²) >= 11 is 0. The molecule has 1 heterocycles. The molecule has 0 spiro atoms. The summed E-state index contributed by atoms with van der Waals surface area (Å²) in [6.07, 6.45) is 3.11. The molecule has 1 aromatic carbocycles. The quantitative estimate of drug-likeness (QED) is 0.871. The third-order valence-electron chi connectivity index (χ3n) is 3.08. The number of nitrogens with one attached hydrogen (secondary N) is 1. The number of hydrogen-bond donors (Lipinski definition) is 2. The minimum absolute atomic E-state index is 0. The van der Waals surface area contributed by atoms with Crippen molar-refractivity contribution in [1.82, 2.24) is 20.1 Å². The SMILES string of the molecule is CC(C)[C@H](N)C(=O)NCc1cccc(-n2cncn2)c1.Cl. The average molecular weight is 310 g/mol. The van der Waals surface area contributed by atoms with Crippen LogP contribution in [0.25, 0.3) is 5.69 Å². The van der Waals surface area contributed by atoms with Gasteiger partial charge in [-0.25, -0.2) is 9.67 Å². The molecule has 1 aromatic heterocycles.